The van der Waals surface area contributed by atoms with Gasteiger partial charge in [0, 0.05) is 32.7 Å². The van der Waals surface area contributed by atoms with E-state index in [0.717, 1.165) is 30.7 Å². The quantitative estimate of drug-likeness (QED) is 0.839. The van der Waals surface area contributed by atoms with Gasteiger partial charge in [0.05, 0.1) is 23.8 Å². The van der Waals surface area contributed by atoms with Crippen LogP contribution in [-0.2, 0) is 19.1 Å². The molecule has 2 saturated heterocycles. The number of benzene rings is 1. The summed E-state index contributed by atoms with van der Waals surface area (Å²) in [5, 5.41) is 7.40. The van der Waals surface area contributed by atoms with Crippen molar-refractivity contribution in [1.82, 2.24) is 5.32 Å². The number of nitrogens with zero attached hydrogens (tertiary/aromatic N) is 1. The van der Waals surface area contributed by atoms with Crippen molar-refractivity contribution in [3.8, 4) is 0 Å². The number of carbonyl (C=O) groups excluding carboxylic acids is 1. The molecule has 3 aliphatic heterocycles. The fourth-order valence-electron chi connectivity index (χ4n) is 4.27. The lowest BCUT2D eigenvalue weighted by Crippen LogP contribution is -2.51. The molecule has 152 valence electrons. The SMILES string of the molecule is O=C(NC1CCCOC1)C1(CC2CC(c3ccc(F)cc3)=NO2)CCOCC1. The highest BCUT2D eigenvalue weighted by Gasteiger charge is 2.44. The first-order chi connectivity index (χ1) is 13.6. The summed E-state index contributed by atoms with van der Waals surface area (Å²) in [6.07, 6.45) is 4.35. The molecule has 1 amide bonds. The summed E-state index contributed by atoms with van der Waals surface area (Å²) in [4.78, 5) is 18.9. The van der Waals surface area contributed by atoms with Gasteiger partial charge >= 0.3 is 0 Å². The molecule has 6 nitrogen and oxygen atoms in total. The number of hydrogen-bond donors (Lipinski definition) is 1. The minimum Gasteiger partial charge on any atom is -0.392 e. The molecule has 28 heavy (non-hydrogen) atoms. The Morgan fingerprint density at radius 1 is 1.18 bits per heavy atom. The molecular weight excluding hydrogens is 363 g/mol. The smallest absolute Gasteiger partial charge is 0.226 e. The van der Waals surface area contributed by atoms with Crippen LogP contribution < -0.4 is 5.32 Å². The Bertz CT molecular complexity index is 710. The average molecular weight is 390 g/mol. The Labute approximate surface area is 164 Å². The number of halogens is 1. The van der Waals surface area contributed by atoms with Crippen molar-refractivity contribution in [3.63, 3.8) is 0 Å². The van der Waals surface area contributed by atoms with Gasteiger partial charge in [-0.1, -0.05) is 17.3 Å². The number of nitrogens with one attached hydrogen (secondary N) is 1. The predicted octanol–water partition coefficient (Wildman–Crippen LogP) is 2.80. The van der Waals surface area contributed by atoms with Crippen LogP contribution in [0.4, 0.5) is 4.39 Å². The lowest BCUT2D eigenvalue weighted by atomic mass is 9.74. The van der Waals surface area contributed by atoms with E-state index in [1.165, 1.54) is 12.1 Å². The number of ether oxygens (including phenoxy) is 2. The van der Waals surface area contributed by atoms with Crippen molar-refractivity contribution in [2.75, 3.05) is 26.4 Å². The maximum Gasteiger partial charge on any atom is 0.226 e. The number of amides is 1. The normalized spacial score (nSPS) is 27.0. The van der Waals surface area contributed by atoms with Crippen LogP contribution in [0, 0.1) is 11.2 Å². The summed E-state index contributed by atoms with van der Waals surface area (Å²) in [7, 11) is 0. The van der Waals surface area contributed by atoms with E-state index in [4.69, 9.17) is 14.3 Å². The molecule has 3 aliphatic rings. The molecule has 0 aliphatic carbocycles. The van der Waals surface area contributed by atoms with Crippen LogP contribution in [0.15, 0.2) is 29.4 Å². The summed E-state index contributed by atoms with van der Waals surface area (Å²) in [5.41, 5.74) is 1.15. The molecule has 1 aromatic rings. The molecule has 1 aromatic carbocycles. The topological polar surface area (TPSA) is 69.2 Å². The molecule has 7 heteroatoms. The van der Waals surface area contributed by atoms with E-state index in [1.807, 2.05) is 0 Å². The highest BCUT2D eigenvalue weighted by molar-refractivity contribution is 6.01. The summed E-state index contributed by atoms with van der Waals surface area (Å²) in [6, 6.07) is 6.34. The number of hydrogen-bond acceptors (Lipinski definition) is 5. The molecule has 0 aromatic heterocycles. The summed E-state index contributed by atoms with van der Waals surface area (Å²) < 4.78 is 24.2. The van der Waals surface area contributed by atoms with Crippen LogP contribution in [0.5, 0.6) is 0 Å². The first-order valence-corrected chi connectivity index (χ1v) is 10.1. The molecule has 2 unspecified atom stereocenters. The number of carbonyl (C=O) groups is 1. The van der Waals surface area contributed by atoms with Crippen molar-refractivity contribution < 1.29 is 23.5 Å². The second-order valence-corrected chi connectivity index (χ2v) is 7.96. The van der Waals surface area contributed by atoms with E-state index in [-0.39, 0.29) is 23.9 Å². The van der Waals surface area contributed by atoms with E-state index in [1.54, 1.807) is 12.1 Å². The molecule has 0 spiro atoms. The zero-order valence-electron chi connectivity index (χ0n) is 16.0. The van der Waals surface area contributed by atoms with E-state index < -0.39 is 5.41 Å². The zero-order chi connectivity index (χ0) is 19.4. The van der Waals surface area contributed by atoms with Gasteiger partial charge in [-0.15, -0.1) is 0 Å². The zero-order valence-corrected chi connectivity index (χ0v) is 16.0. The number of oxime groups is 1. The average Bonchev–Trinajstić information content (AvgIpc) is 3.18. The van der Waals surface area contributed by atoms with Crippen molar-refractivity contribution in [1.29, 1.82) is 0 Å². The molecule has 0 bridgehead atoms. The fraction of sp³-hybridized carbons (Fsp3) is 0.619. The van der Waals surface area contributed by atoms with Crippen molar-refractivity contribution in [2.24, 2.45) is 10.6 Å². The van der Waals surface area contributed by atoms with Crippen molar-refractivity contribution in [3.05, 3.63) is 35.6 Å². The molecule has 2 fully saturated rings. The molecule has 3 heterocycles. The van der Waals surface area contributed by atoms with E-state index in [9.17, 15) is 9.18 Å². The second-order valence-electron chi connectivity index (χ2n) is 7.96. The maximum atomic E-state index is 13.2. The summed E-state index contributed by atoms with van der Waals surface area (Å²) >= 11 is 0. The minimum absolute atomic E-state index is 0.0742. The third kappa shape index (κ3) is 4.36. The van der Waals surface area contributed by atoms with Gasteiger partial charge in [-0.05, 0) is 43.4 Å². The second kappa shape index (κ2) is 8.57. The first kappa shape index (κ1) is 19.3. The summed E-state index contributed by atoms with van der Waals surface area (Å²) in [6.45, 7) is 2.50. The van der Waals surface area contributed by atoms with Gasteiger partial charge in [0.25, 0.3) is 0 Å². The van der Waals surface area contributed by atoms with E-state index in [0.29, 0.717) is 45.5 Å². The van der Waals surface area contributed by atoms with Crippen molar-refractivity contribution in [2.45, 2.75) is 50.7 Å². The third-order valence-electron chi connectivity index (χ3n) is 5.96. The van der Waals surface area contributed by atoms with Crippen molar-refractivity contribution >= 4 is 11.6 Å². The Balaban J connectivity index is 1.40. The van der Waals surface area contributed by atoms with Gasteiger partial charge in [0.1, 0.15) is 11.9 Å². The predicted molar refractivity (Wildman–Crippen MR) is 102 cm³/mol. The largest absolute Gasteiger partial charge is 0.392 e. The number of rotatable bonds is 5. The highest BCUT2D eigenvalue weighted by Crippen LogP contribution is 2.39. The Morgan fingerprint density at radius 3 is 2.68 bits per heavy atom. The van der Waals surface area contributed by atoms with Gasteiger partial charge in [0.2, 0.25) is 5.91 Å². The van der Waals surface area contributed by atoms with Gasteiger partial charge in [-0.25, -0.2) is 4.39 Å². The lowest BCUT2D eigenvalue weighted by Gasteiger charge is -2.38. The van der Waals surface area contributed by atoms with Crippen LogP contribution >= 0.6 is 0 Å². The van der Waals surface area contributed by atoms with Crippen LogP contribution in [0.3, 0.4) is 0 Å². The highest BCUT2D eigenvalue weighted by atomic mass is 19.1. The third-order valence-corrected chi connectivity index (χ3v) is 5.96. The first-order valence-electron chi connectivity index (χ1n) is 10.1. The van der Waals surface area contributed by atoms with Crippen LogP contribution in [0.25, 0.3) is 0 Å². The van der Waals surface area contributed by atoms with E-state index >= 15 is 0 Å². The fourth-order valence-corrected chi connectivity index (χ4v) is 4.27. The summed E-state index contributed by atoms with van der Waals surface area (Å²) in [5.74, 6) is -0.200. The standard InChI is InChI=1S/C21H27FN2O4/c22-16-5-3-15(4-6-16)19-12-18(28-24-19)13-21(7-10-26-11-8-21)20(25)23-17-2-1-9-27-14-17/h3-6,17-18H,1-2,7-14H2,(H,23,25). The Morgan fingerprint density at radius 2 is 1.96 bits per heavy atom. The van der Waals surface area contributed by atoms with Gasteiger partial charge in [-0.2, -0.15) is 0 Å². The lowest BCUT2D eigenvalue weighted by molar-refractivity contribution is -0.141. The Hall–Kier alpha value is -1.99. The molecule has 1 N–H and O–H groups in total. The van der Waals surface area contributed by atoms with Crippen LogP contribution in [-0.4, -0.2) is 50.2 Å². The van der Waals surface area contributed by atoms with Crippen LogP contribution in [0.1, 0.15) is 44.1 Å². The van der Waals surface area contributed by atoms with Gasteiger partial charge in [-0.3, -0.25) is 4.79 Å². The molecule has 0 saturated carbocycles. The molecule has 4 rings (SSSR count). The van der Waals surface area contributed by atoms with Gasteiger partial charge in [0.15, 0.2) is 0 Å². The molecular formula is C21H27FN2O4. The molecule has 2 atom stereocenters. The van der Waals surface area contributed by atoms with Gasteiger partial charge < -0.3 is 19.6 Å². The maximum absolute atomic E-state index is 13.2. The minimum atomic E-state index is -0.506. The molecule has 0 radical (unpaired) electrons. The Kier molecular flexibility index (Phi) is 5.92. The van der Waals surface area contributed by atoms with E-state index in [2.05, 4.69) is 10.5 Å². The van der Waals surface area contributed by atoms with Crippen LogP contribution in [0.2, 0.25) is 0 Å². The monoisotopic (exact) mass is 390 g/mol.